The summed E-state index contributed by atoms with van der Waals surface area (Å²) < 4.78 is 1.52. The molecule has 2 aromatic carbocycles. The normalized spacial score (nSPS) is 14.7. The Labute approximate surface area is 219 Å². The second-order valence-corrected chi connectivity index (χ2v) is 8.86. The SMILES string of the molecule is Cc1cc(C(=O)Nc2cccc(C#CC3C(=S)C(C(=O)Nc4cccc(C)c4O)=CN=C3N)c2)n(C)n1. The molecule has 0 radical (unpaired) electrons. The Balaban J connectivity index is 1.50. The monoisotopic (exact) mass is 512 g/mol. The maximum Gasteiger partial charge on any atom is 0.273 e. The van der Waals surface area contributed by atoms with Crippen LogP contribution < -0.4 is 16.4 Å². The average Bonchev–Trinajstić information content (AvgIpc) is 3.20. The number of amidine groups is 1. The molecule has 9 nitrogen and oxygen atoms in total. The number of anilines is 2. The van der Waals surface area contributed by atoms with Crippen molar-refractivity contribution in [3.8, 4) is 17.6 Å². The zero-order valence-electron chi connectivity index (χ0n) is 20.4. The van der Waals surface area contributed by atoms with Crippen LogP contribution in [0.4, 0.5) is 11.4 Å². The van der Waals surface area contributed by atoms with Gasteiger partial charge in [0.2, 0.25) is 0 Å². The van der Waals surface area contributed by atoms with Gasteiger partial charge in [-0.25, -0.2) is 4.99 Å². The van der Waals surface area contributed by atoms with Crippen molar-refractivity contribution in [3.63, 3.8) is 0 Å². The first-order valence-electron chi connectivity index (χ1n) is 11.2. The number of nitrogens with zero attached hydrogens (tertiary/aromatic N) is 3. The van der Waals surface area contributed by atoms with Gasteiger partial charge < -0.3 is 21.5 Å². The predicted molar refractivity (Wildman–Crippen MR) is 146 cm³/mol. The lowest BCUT2D eigenvalue weighted by atomic mass is 9.95. The lowest BCUT2D eigenvalue weighted by Crippen LogP contribution is -2.35. The summed E-state index contributed by atoms with van der Waals surface area (Å²) in [6.45, 7) is 3.54. The molecule has 1 unspecified atom stereocenters. The molecule has 2 heterocycles. The van der Waals surface area contributed by atoms with Gasteiger partial charge in [-0.2, -0.15) is 5.10 Å². The maximum absolute atomic E-state index is 12.9. The molecular formula is C27H24N6O3S. The van der Waals surface area contributed by atoms with Gasteiger partial charge in [0, 0.05) is 24.5 Å². The summed E-state index contributed by atoms with van der Waals surface area (Å²) in [7, 11) is 1.70. The molecule has 1 aliphatic rings. The van der Waals surface area contributed by atoms with Crippen LogP contribution in [-0.2, 0) is 11.8 Å². The summed E-state index contributed by atoms with van der Waals surface area (Å²) in [5, 5.41) is 19.9. The largest absolute Gasteiger partial charge is 0.505 e. The van der Waals surface area contributed by atoms with Crippen molar-refractivity contribution < 1.29 is 14.7 Å². The van der Waals surface area contributed by atoms with Crippen LogP contribution in [0.2, 0.25) is 0 Å². The zero-order chi connectivity index (χ0) is 26.7. The molecule has 0 saturated heterocycles. The number of aliphatic imine (C=N–C) groups is 1. The number of amides is 2. The number of aryl methyl sites for hydroxylation is 3. The van der Waals surface area contributed by atoms with E-state index in [0.717, 1.165) is 5.69 Å². The number of thiocarbonyl (C=S) groups is 1. The van der Waals surface area contributed by atoms with Gasteiger partial charge in [-0.05, 0) is 49.7 Å². The van der Waals surface area contributed by atoms with Crippen LogP contribution in [0.5, 0.6) is 5.75 Å². The fraction of sp³-hybridized carbons (Fsp3) is 0.148. The fourth-order valence-corrected chi connectivity index (χ4v) is 4.00. The van der Waals surface area contributed by atoms with Gasteiger partial charge in [-0.15, -0.1) is 0 Å². The highest BCUT2D eigenvalue weighted by atomic mass is 32.1. The van der Waals surface area contributed by atoms with Gasteiger partial charge in [-0.3, -0.25) is 14.3 Å². The molecule has 0 spiro atoms. The summed E-state index contributed by atoms with van der Waals surface area (Å²) in [6.07, 6.45) is 1.30. The van der Waals surface area contributed by atoms with Crippen molar-refractivity contribution >= 4 is 46.1 Å². The Bertz CT molecular complexity index is 1560. The predicted octanol–water partition coefficient (Wildman–Crippen LogP) is 3.23. The lowest BCUT2D eigenvalue weighted by molar-refractivity contribution is -0.112. The number of para-hydroxylation sites is 1. The van der Waals surface area contributed by atoms with Crippen LogP contribution in [0.25, 0.3) is 0 Å². The van der Waals surface area contributed by atoms with E-state index in [0.29, 0.717) is 22.5 Å². The van der Waals surface area contributed by atoms with Gasteiger partial charge in [0.05, 0.1) is 21.8 Å². The minimum Gasteiger partial charge on any atom is -0.505 e. The van der Waals surface area contributed by atoms with Gasteiger partial charge in [-0.1, -0.05) is 42.3 Å². The van der Waals surface area contributed by atoms with E-state index in [1.165, 1.54) is 10.9 Å². The number of hydrogen-bond donors (Lipinski definition) is 4. The van der Waals surface area contributed by atoms with Gasteiger partial charge in [0.1, 0.15) is 23.2 Å². The second kappa shape index (κ2) is 10.5. The van der Waals surface area contributed by atoms with Crippen LogP contribution in [0.1, 0.15) is 27.3 Å². The van der Waals surface area contributed by atoms with E-state index in [9.17, 15) is 14.7 Å². The number of carbonyl (C=O) groups is 2. The number of benzene rings is 2. The number of nitrogens with two attached hydrogens (primary N) is 1. The highest BCUT2D eigenvalue weighted by molar-refractivity contribution is 7.81. The number of hydrogen-bond acceptors (Lipinski definition) is 7. The standard InChI is InChI=1S/C27H24N6O3S/c1-15-6-4-9-21(23(15)34)31-26(35)20-14-29-25(28)19(24(20)37)11-10-17-7-5-8-18(13-17)30-27(36)22-12-16(2)32-33(22)3/h4-9,12-14,19,34H,1-3H3,(H2,28,29)(H,30,36)(H,31,35). The third-order valence-electron chi connectivity index (χ3n) is 5.61. The Morgan fingerprint density at radius 3 is 2.59 bits per heavy atom. The van der Waals surface area contributed by atoms with Crippen LogP contribution in [0.15, 0.2) is 65.3 Å². The van der Waals surface area contributed by atoms with Crippen molar-refractivity contribution in [2.45, 2.75) is 13.8 Å². The number of phenolic OH excluding ortho intramolecular Hbond substituents is 1. The Hall–Kier alpha value is -4.75. The molecule has 37 heavy (non-hydrogen) atoms. The summed E-state index contributed by atoms with van der Waals surface area (Å²) in [4.78, 5) is 29.8. The smallest absolute Gasteiger partial charge is 0.273 e. The quantitative estimate of drug-likeness (QED) is 0.241. The van der Waals surface area contributed by atoms with Gasteiger partial charge in [0.25, 0.3) is 11.8 Å². The average molecular weight is 513 g/mol. The van der Waals surface area contributed by atoms with Gasteiger partial charge >= 0.3 is 0 Å². The van der Waals surface area contributed by atoms with E-state index in [1.54, 1.807) is 62.5 Å². The number of carbonyl (C=O) groups excluding carboxylic acids is 2. The lowest BCUT2D eigenvalue weighted by Gasteiger charge is -2.18. The number of phenols is 1. The van der Waals surface area contributed by atoms with E-state index in [4.69, 9.17) is 18.0 Å². The summed E-state index contributed by atoms with van der Waals surface area (Å²) in [5.41, 5.74) is 9.41. The summed E-state index contributed by atoms with van der Waals surface area (Å²) >= 11 is 5.52. The first-order chi connectivity index (χ1) is 17.6. The molecule has 0 fully saturated rings. The van der Waals surface area contributed by atoms with Crippen molar-refractivity contribution in [1.29, 1.82) is 0 Å². The van der Waals surface area contributed by atoms with Gasteiger partial charge in [0.15, 0.2) is 0 Å². The van der Waals surface area contributed by atoms with E-state index in [-0.39, 0.29) is 33.6 Å². The molecule has 0 bridgehead atoms. The molecule has 0 aliphatic carbocycles. The molecule has 186 valence electrons. The molecule has 3 aromatic rings. The number of aromatic nitrogens is 2. The molecule has 2 amide bonds. The highest BCUT2D eigenvalue weighted by Crippen LogP contribution is 2.27. The number of rotatable bonds is 4. The van der Waals surface area contributed by atoms with Crippen molar-refractivity contribution in [2.24, 2.45) is 23.7 Å². The summed E-state index contributed by atoms with van der Waals surface area (Å²) in [5.74, 6) is 4.56. The zero-order valence-corrected chi connectivity index (χ0v) is 21.2. The van der Waals surface area contributed by atoms with Crippen LogP contribution in [0, 0.1) is 31.6 Å². The highest BCUT2D eigenvalue weighted by Gasteiger charge is 2.28. The molecule has 0 saturated carbocycles. The van der Waals surface area contributed by atoms with Crippen molar-refractivity contribution in [3.05, 3.63) is 82.8 Å². The van der Waals surface area contributed by atoms with E-state index >= 15 is 0 Å². The number of aromatic hydroxyl groups is 1. The van der Waals surface area contributed by atoms with Crippen LogP contribution in [-0.4, -0.2) is 37.4 Å². The topological polar surface area (TPSA) is 135 Å². The molecular weight excluding hydrogens is 488 g/mol. The molecule has 10 heteroatoms. The van der Waals surface area contributed by atoms with Crippen molar-refractivity contribution in [1.82, 2.24) is 9.78 Å². The minimum absolute atomic E-state index is 0.0250. The minimum atomic E-state index is -0.762. The summed E-state index contributed by atoms with van der Waals surface area (Å²) in [6, 6.07) is 13.7. The second-order valence-electron chi connectivity index (χ2n) is 8.42. The van der Waals surface area contributed by atoms with Crippen molar-refractivity contribution in [2.75, 3.05) is 10.6 Å². The van der Waals surface area contributed by atoms with Crippen LogP contribution >= 0.6 is 12.2 Å². The molecule has 5 N–H and O–H groups in total. The molecule has 1 aromatic heterocycles. The Morgan fingerprint density at radius 2 is 1.86 bits per heavy atom. The molecule has 1 aliphatic heterocycles. The third-order valence-corrected chi connectivity index (χ3v) is 6.07. The Kier molecular flexibility index (Phi) is 7.18. The first kappa shape index (κ1) is 25.3. The van der Waals surface area contributed by atoms with Crippen LogP contribution in [0.3, 0.4) is 0 Å². The third kappa shape index (κ3) is 5.58. The molecule has 1 atom stereocenters. The fourth-order valence-electron chi connectivity index (χ4n) is 3.68. The van der Waals surface area contributed by atoms with E-state index in [2.05, 4.69) is 32.6 Å². The van der Waals surface area contributed by atoms with E-state index in [1.807, 2.05) is 6.92 Å². The maximum atomic E-state index is 12.9. The molecule has 4 rings (SSSR count). The van der Waals surface area contributed by atoms with E-state index < -0.39 is 11.8 Å². The number of nitrogens with one attached hydrogen (secondary N) is 2. The first-order valence-corrected chi connectivity index (χ1v) is 11.7. The Morgan fingerprint density at radius 1 is 1.11 bits per heavy atom.